The Balaban J connectivity index is 0.000000173. The first-order valence-electron chi connectivity index (χ1n) is 13.2. The van der Waals surface area contributed by atoms with Crippen molar-refractivity contribution in [3.63, 3.8) is 0 Å². The molecular weight excluding hydrogens is 943 g/mol. The zero-order chi connectivity index (χ0) is 28.5. The summed E-state index contributed by atoms with van der Waals surface area (Å²) in [6.07, 6.45) is 0. The van der Waals surface area contributed by atoms with Crippen LogP contribution >= 0.6 is 54.5 Å². The Bertz CT molecular complexity index is 1200. The molecule has 0 atom stereocenters. The van der Waals surface area contributed by atoms with Gasteiger partial charge in [-0.15, -0.1) is 0 Å². The van der Waals surface area contributed by atoms with Crippen LogP contribution < -0.4 is 31.8 Å². The first kappa shape index (κ1) is 32.2. The molecule has 0 heterocycles. The SMILES string of the molecule is [I][Pt][I].c1ccc([PH+](c2ccccc2)c2ccccc2)cc1.c1ccc([PH+](c2ccccc2)c2ccccc2)cc1. The summed E-state index contributed by atoms with van der Waals surface area (Å²) in [5, 5.41) is 8.61. The van der Waals surface area contributed by atoms with Gasteiger partial charge in [-0.1, -0.05) is 109 Å². The Labute approximate surface area is 276 Å². The molecule has 5 heteroatoms. The fourth-order valence-electron chi connectivity index (χ4n) is 4.63. The molecule has 0 unspecified atom stereocenters. The molecule has 6 aromatic carbocycles. The zero-order valence-corrected chi connectivity index (χ0v) is 31.0. The molecule has 0 N–H and O–H groups in total. The van der Waals surface area contributed by atoms with E-state index in [1.165, 1.54) is 31.8 Å². The van der Waals surface area contributed by atoms with Crippen LogP contribution in [0.15, 0.2) is 182 Å². The van der Waals surface area contributed by atoms with E-state index in [4.69, 9.17) is 0 Å². The standard InChI is InChI=1S/2C18H15P.2HI.Pt/c2*1-4-10-16(11-5-1)19(17-12-6-2-7-13-17)18-14-8-3-9-15-18;;;/h2*1-15H;2*1H;/q;;;;+2. The second kappa shape index (κ2) is 18.8. The summed E-state index contributed by atoms with van der Waals surface area (Å²) in [5.41, 5.74) is 0. The molecule has 0 nitrogen and oxygen atoms in total. The van der Waals surface area contributed by atoms with Crippen LogP contribution in [-0.2, 0) is 11.2 Å². The van der Waals surface area contributed by atoms with E-state index in [0.29, 0.717) is 11.2 Å². The third-order valence-corrected chi connectivity index (χ3v) is 11.8. The summed E-state index contributed by atoms with van der Waals surface area (Å²) in [6, 6.07) is 65.0. The Morgan fingerprint density at radius 1 is 0.268 bits per heavy atom. The van der Waals surface area contributed by atoms with Gasteiger partial charge in [0.2, 0.25) is 0 Å². The Hall–Kier alpha value is -1.67. The van der Waals surface area contributed by atoms with E-state index >= 15 is 0 Å². The van der Waals surface area contributed by atoms with Crippen molar-refractivity contribution in [3.05, 3.63) is 182 Å². The van der Waals surface area contributed by atoms with E-state index in [1.807, 2.05) is 0 Å². The number of benzene rings is 6. The summed E-state index contributed by atoms with van der Waals surface area (Å²) in [5.74, 6) is 0. The minimum Gasteiger partial charge on any atom is -0.0620 e. The molecule has 208 valence electrons. The van der Waals surface area contributed by atoms with Crippen LogP contribution in [-0.4, -0.2) is 0 Å². The smallest absolute Gasteiger partial charge is 0.0620 e. The molecule has 0 fully saturated rings. The van der Waals surface area contributed by atoms with Gasteiger partial charge in [0, 0.05) is 0 Å². The van der Waals surface area contributed by atoms with E-state index in [0.717, 1.165) is 0 Å². The van der Waals surface area contributed by atoms with Crippen LogP contribution in [0.4, 0.5) is 0 Å². The second-order valence-electron chi connectivity index (χ2n) is 8.99. The number of hydrogen-bond donors (Lipinski definition) is 0. The van der Waals surface area contributed by atoms with E-state index in [-0.39, 0.29) is 0 Å². The maximum atomic E-state index is 2.39. The van der Waals surface area contributed by atoms with E-state index in [9.17, 15) is 0 Å². The molecule has 6 rings (SSSR count). The first-order chi connectivity index (χ1) is 20.3. The Morgan fingerprint density at radius 2 is 0.390 bits per heavy atom. The van der Waals surface area contributed by atoms with Gasteiger partial charge in [0.05, 0.1) is 15.8 Å². The van der Waals surface area contributed by atoms with Crippen molar-refractivity contribution >= 4 is 86.4 Å². The van der Waals surface area contributed by atoms with Crippen molar-refractivity contribution in [2.45, 2.75) is 0 Å². The maximum absolute atomic E-state index is 2.39. The summed E-state index contributed by atoms with van der Waals surface area (Å²) in [7, 11) is -1.75. The van der Waals surface area contributed by atoms with Gasteiger partial charge in [0.15, 0.2) is 0 Å². The van der Waals surface area contributed by atoms with Crippen LogP contribution in [0.2, 0.25) is 0 Å². The summed E-state index contributed by atoms with van der Waals surface area (Å²) in [4.78, 5) is 0. The van der Waals surface area contributed by atoms with Gasteiger partial charge in [0.25, 0.3) is 0 Å². The van der Waals surface area contributed by atoms with Gasteiger partial charge in [-0.25, -0.2) is 0 Å². The third-order valence-electron chi connectivity index (χ3n) is 6.37. The van der Waals surface area contributed by atoms with Crippen LogP contribution in [0, 0.1) is 0 Å². The van der Waals surface area contributed by atoms with Crippen molar-refractivity contribution in [2.24, 2.45) is 0 Å². The minimum absolute atomic E-state index is 0.523. The summed E-state index contributed by atoms with van der Waals surface area (Å²) >= 11 is 5.30. The van der Waals surface area contributed by atoms with Crippen molar-refractivity contribution < 1.29 is 11.2 Å². The molecule has 0 aliphatic rings. The largest absolute Gasteiger partial charge is 0.102 e. The summed E-state index contributed by atoms with van der Waals surface area (Å²) < 4.78 is 0. The van der Waals surface area contributed by atoms with E-state index < -0.39 is 15.8 Å². The van der Waals surface area contributed by atoms with E-state index in [2.05, 4.69) is 221 Å². The molecule has 0 spiro atoms. The molecule has 0 bridgehead atoms. The van der Waals surface area contributed by atoms with Crippen LogP contribution in [0.5, 0.6) is 0 Å². The quantitative estimate of drug-likeness (QED) is 0.117. The number of halogens is 2. The van der Waals surface area contributed by atoms with Gasteiger partial charge in [-0.2, -0.15) is 0 Å². The second-order valence-corrected chi connectivity index (χ2v) is 30.6. The van der Waals surface area contributed by atoms with Gasteiger partial charge in [-0.05, 0) is 72.8 Å². The maximum Gasteiger partial charge on any atom is 0.102 e. The van der Waals surface area contributed by atoms with Crippen molar-refractivity contribution in [1.82, 2.24) is 0 Å². The average molecular weight is 975 g/mol. The van der Waals surface area contributed by atoms with Gasteiger partial charge >= 0.3 is 49.9 Å². The van der Waals surface area contributed by atoms with Gasteiger partial charge in [-0.3, -0.25) is 0 Å². The molecule has 0 amide bonds. The van der Waals surface area contributed by atoms with Crippen molar-refractivity contribution in [1.29, 1.82) is 0 Å². The molecule has 0 radical (unpaired) electrons. The molecule has 0 aliphatic heterocycles. The molecule has 0 aliphatic carbocycles. The molecule has 0 saturated carbocycles. The van der Waals surface area contributed by atoms with Crippen molar-refractivity contribution in [3.8, 4) is 0 Å². The molecule has 0 saturated heterocycles. The summed E-state index contributed by atoms with van der Waals surface area (Å²) in [6.45, 7) is 0. The molecule has 41 heavy (non-hydrogen) atoms. The first-order valence-corrected chi connectivity index (χ1v) is 29.1. The predicted molar refractivity (Wildman–Crippen MR) is 201 cm³/mol. The van der Waals surface area contributed by atoms with E-state index in [1.54, 1.807) is 0 Å². The minimum atomic E-state index is -0.877. The number of rotatable bonds is 6. The third kappa shape index (κ3) is 10.2. The zero-order valence-electron chi connectivity index (χ0n) is 22.4. The number of hydrogen-bond acceptors (Lipinski definition) is 0. The van der Waals surface area contributed by atoms with Gasteiger partial charge < -0.3 is 0 Å². The van der Waals surface area contributed by atoms with Crippen molar-refractivity contribution in [2.75, 3.05) is 0 Å². The Morgan fingerprint density at radius 3 is 0.512 bits per heavy atom. The predicted octanol–water partition coefficient (Wildman–Crippen LogP) is 8.12. The van der Waals surface area contributed by atoms with Crippen LogP contribution in [0.25, 0.3) is 0 Å². The Kier molecular flexibility index (Phi) is 14.8. The monoisotopic (exact) mass is 975 g/mol. The average Bonchev–Trinajstić information content (AvgIpc) is 3.05. The van der Waals surface area contributed by atoms with Crippen LogP contribution in [0.3, 0.4) is 0 Å². The molecular formula is C36H32I2P2Pt+2. The van der Waals surface area contributed by atoms with Gasteiger partial charge in [0.1, 0.15) is 31.8 Å². The normalized spacial score (nSPS) is 10.3. The fourth-order valence-corrected chi connectivity index (χ4v) is 9.78. The fraction of sp³-hybridized carbons (Fsp3) is 0. The molecule has 0 aromatic heterocycles. The molecule has 6 aromatic rings. The van der Waals surface area contributed by atoms with Crippen LogP contribution in [0.1, 0.15) is 0 Å². The topological polar surface area (TPSA) is 0 Å².